The molecule has 238 valence electrons. The first-order chi connectivity index (χ1) is 21.0. The SMILES string of the molecule is O=C(NS[C@@H](CC1CCCCC1)C(=O)N[C@@H](C[C@@H]1CCNC1=O)C(=O)O)OC(c1ccccc1)C(F)(F)c1cccc(Cl)c1. The molecule has 2 aliphatic rings. The van der Waals surface area contributed by atoms with E-state index in [-0.39, 0.29) is 28.8 Å². The van der Waals surface area contributed by atoms with Crippen LogP contribution in [-0.4, -0.2) is 46.8 Å². The Hall–Kier alpha value is -3.38. The molecule has 4 atom stereocenters. The summed E-state index contributed by atoms with van der Waals surface area (Å²) in [5, 5.41) is 14.1. The molecule has 2 aromatic carbocycles. The molecule has 2 fully saturated rings. The van der Waals surface area contributed by atoms with Gasteiger partial charge >= 0.3 is 18.0 Å². The van der Waals surface area contributed by atoms with E-state index in [0.29, 0.717) is 31.3 Å². The zero-order valence-electron chi connectivity index (χ0n) is 24.0. The number of aliphatic carboxylic acids is 1. The number of carbonyl (C=O) groups excluding carboxylic acids is 3. The Morgan fingerprint density at radius 2 is 1.77 bits per heavy atom. The van der Waals surface area contributed by atoms with Crippen molar-refractivity contribution >= 4 is 47.4 Å². The fourth-order valence-electron chi connectivity index (χ4n) is 5.65. The molecule has 1 saturated heterocycles. The van der Waals surface area contributed by atoms with E-state index >= 15 is 8.78 Å². The van der Waals surface area contributed by atoms with Crippen LogP contribution in [0.5, 0.6) is 0 Å². The largest absolute Gasteiger partial charge is 0.480 e. The van der Waals surface area contributed by atoms with Crippen molar-refractivity contribution in [3.63, 3.8) is 0 Å². The number of carbonyl (C=O) groups is 4. The van der Waals surface area contributed by atoms with Crippen molar-refractivity contribution in [2.45, 2.75) is 74.7 Å². The highest BCUT2D eigenvalue weighted by Gasteiger charge is 2.46. The van der Waals surface area contributed by atoms with Crippen molar-refractivity contribution in [2.24, 2.45) is 11.8 Å². The van der Waals surface area contributed by atoms with Crippen LogP contribution in [0, 0.1) is 11.8 Å². The molecule has 1 aliphatic carbocycles. The summed E-state index contributed by atoms with van der Waals surface area (Å²) in [5.74, 6) is -6.20. The number of halogens is 3. The number of benzene rings is 2. The molecule has 4 rings (SSSR count). The number of alkyl halides is 2. The minimum Gasteiger partial charge on any atom is -0.480 e. The Bertz CT molecular complexity index is 1310. The second-order valence-corrected chi connectivity index (χ2v) is 12.6. The van der Waals surface area contributed by atoms with Crippen molar-refractivity contribution in [3.05, 3.63) is 70.7 Å². The quantitative estimate of drug-likeness (QED) is 0.196. The van der Waals surface area contributed by atoms with Gasteiger partial charge in [-0.15, -0.1) is 0 Å². The van der Waals surface area contributed by atoms with Gasteiger partial charge in [0.05, 0.1) is 0 Å². The van der Waals surface area contributed by atoms with E-state index in [1.807, 2.05) is 0 Å². The number of ether oxygens (including phenoxy) is 1. The Labute approximate surface area is 264 Å². The van der Waals surface area contributed by atoms with Crippen LogP contribution in [0.1, 0.15) is 68.6 Å². The molecule has 44 heavy (non-hydrogen) atoms. The highest BCUT2D eigenvalue weighted by atomic mass is 35.5. The van der Waals surface area contributed by atoms with Crippen LogP contribution in [-0.2, 0) is 25.0 Å². The lowest BCUT2D eigenvalue weighted by atomic mass is 9.86. The third-order valence-electron chi connectivity index (χ3n) is 8.01. The van der Waals surface area contributed by atoms with Gasteiger partial charge < -0.3 is 20.5 Å². The molecule has 1 unspecified atom stereocenters. The van der Waals surface area contributed by atoms with Crippen LogP contribution in [0.2, 0.25) is 5.02 Å². The summed E-state index contributed by atoms with van der Waals surface area (Å²) < 4.78 is 39.3. The monoisotopic (exact) mass is 651 g/mol. The minimum atomic E-state index is -3.66. The zero-order valence-corrected chi connectivity index (χ0v) is 25.5. The van der Waals surface area contributed by atoms with E-state index in [4.69, 9.17) is 16.3 Å². The number of amides is 3. The minimum absolute atomic E-state index is 0.0503. The Kier molecular flexibility index (Phi) is 11.9. The predicted molar refractivity (Wildman–Crippen MR) is 162 cm³/mol. The van der Waals surface area contributed by atoms with Crippen LogP contribution in [0.25, 0.3) is 0 Å². The number of nitrogens with one attached hydrogen (secondary N) is 3. The Balaban J connectivity index is 1.47. The lowest BCUT2D eigenvalue weighted by molar-refractivity contribution is -0.142. The van der Waals surface area contributed by atoms with E-state index in [1.165, 1.54) is 30.3 Å². The standard InChI is InChI=1S/C31H36ClF2N3O6S/c32-23-13-7-12-22(18-23)31(33,34)26(20-10-5-2-6-11-20)43-30(42)37-44-25(16-19-8-3-1-4-9-19)28(39)36-24(29(40)41)17-21-14-15-35-27(21)38/h2,5-7,10-13,18-19,21,24-26H,1,3-4,8-9,14-17H2,(H,35,38)(H,36,39)(H,37,42)(H,40,41)/t21-,24-,25-,26?/m0/s1. The number of carboxylic acids is 1. The van der Waals surface area contributed by atoms with Gasteiger partial charge in [-0.05, 0) is 54.8 Å². The number of rotatable bonds is 13. The first kappa shape index (κ1) is 33.5. The maximum atomic E-state index is 15.8. The van der Waals surface area contributed by atoms with Gasteiger partial charge in [0.25, 0.3) is 0 Å². The topological polar surface area (TPSA) is 134 Å². The van der Waals surface area contributed by atoms with Crippen molar-refractivity contribution in [1.29, 1.82) is 0 Å². The fraction of sp³-hybridized carbons (Fsp3) is 0.484. The van der Waals surface area contributed by atoms with E-state index in [2.05, 4.69) is 15.4 Å². The molecule has 1 heterocycles. The first-order valence-corrected chi connectivity index (χ1v) is 15.9. The van der Waals surface area contributed by atoms with Crippen LogP contribution in [0.4, 0.5) is 13.6 Å². The number of carboxylic acid groups (broad SMARTS) is 1. The second-order valence-electron chi connectivity index (χ2n) is 11.2. The highest BCUT2D eigenvalue weighted by Crippen LogP contribution is 2.43. The van der Waals surface area contributed by atoms with E-state index in [0.717, 1.165) is 38.2 Å². The Morgan fingerprint density at radius 3 is 2.41 bits per heavy atom. The van der Waals surface area contributed by atoms with E-state index in [9.17, 15) is 24.3 Å². The molecule has 0 spiro atoms. The van der Waals surface area contributed by atoms with Gasteiger partial charge in [0.2, 0.25) is 11.8 Å². The lowest BCUT2D eigenvalue weighted by Crippen LogP contribution is -2.47. The molecule has 1 aliphatic heterocycles. The predicted octanol–water partition coefficient (Wildman–Crippen LogP) is 5.98. The van der Waals surface area contributed by atoms with Gasteiger partial charge in [-0.2, -0.15) is 8.78 Å². The summed E-state index contributed by atoms with van der Waals surface area (Å²) in [6, 6.07) is 11.4. The van der Waals surface area contributed by atoms with Crippen LogP contribution >= 0.6 is 23.5 Å². The van der Waals surface area contributed by atoms with Crippen molar-refractivity contribution in [3.8, 4) is 0 Å². The summed E-state index contributed by atoms with van der Waals surface area (Å²) >= 11 is 6.66. The number of hydrogen-bond donors (Lipinski definition) is 4. The summed E-state index contributed by atoms with van der Waals surface area (Å²) in [7, 11) is 0. The van der Waals surface area contributed by atoms with Crippen LogP contribution < -0.4 is 15.4 Å². The van der Waals surface area contributed by atoms with Gasteiger partial charge in [-0.1, -0.05) is 86.2 Å². The molecule has 0 bridgehead atoms. The summed E-state index contributed by atoms with van der Waals surface area (Å²) in [4.78, 5) is 50.4. The third-order valence-corrected chi connectivity index (χ3v) is 9.22. The molecule has 1 saturated carbocycles. The van der Waals surface area contributed by atoms with Gasteiger partial charge in [0, 0.05) is 23.0 Å². The van der Waals surface area contributed by atoms with Crippen molar-refractivity contribution in [2.75, 3.05) is 6.54 Å². The lowest BCUT2D eigenvalue weighted by Gasteiger charge is -2.29. The van der Waals surface area contributed by atoms with Crippen molar-refractivity contribution < 1.29 is 37.8 Å². The highest BCUT2D eigenvalue weighted by molar-refractivity contribution is 7.99. The molecule has 0 radical (unpaired) electrons. The fourth-order valence-corrected chi connectivity index (χ4v) is 6.67. The molecule has 4 N–H and O–H groups in total. The molecular weight excluding hydrogens is 616 g/mol. The van der Waals surface area contributed by atoms with E-state index < -0.39 is 52.8 Å². The van der Waals surface area contributed by atoms with Gasteiger partial charge in [0.15, 0.2) is 6.10 Å². The molecule has 3 amide bonds. The maximum absolute atomic E-state index is 15.8. The first-order valence-electron chi connectivity index (χ1n) is 14.7. The van der Waals surface area contributed by atoms with E-state index in [1.54, 1.807) is 18.2 Å². The molecule has 9 nitrogen and oxygen atoms in total. The Morgan fingerprint density at radius 1 is 1.05 bits per heavy atom. The summed E-state index contributed by atoms with van der Waals surface area (Å²) in [6.07, 6.45) is 2.35. The number of hydrogen-bond acceptors (Lipinski definition) is 6. The maximum Gasteiger partial charge on any atom is 0.418 e. The van der Waals surface area contributed by atoms with Crippen LogP contribution in [0.3, 0.4) is 0 Å². The summed E-state index contributed by atoms with van der Waals surface area (Å²) in [6.45, 7) is 0.441. The smallest absolute Gasteiger partial charge is 0.418 e. The van der Waals surface area contributed by atoms with Gasteiger partial charge in [-0.3, -0.25) is 14.3 Å². The van der Waals surface area contributed by atoms with Gasteiger partial charge in [-0.25, -0.2) is 9.59 Å². The van der Waals surface area contributed by atoms with Gasteiger partial charge in [0.1, 0.15) is 11.3 Å². The second kappa shape index (κ2) is 15.6. The van der Waals surface area contributed by atoms with Crippen molar-refractivity contribution in [1.82, 2.24) is 15.4 Å². The van der Waals surface area contributed by atoms with Crippen LogP contribution in [0.15, 0.2) is 54.6 Å². The molecule has 2 aromatic rings. The molecule has 13 heteroatoms. The zero-order chi connectivity index (χ0) is 31.7. The third kappa shape index (κ3) is 9.07. The average Bonchev–Trinajstić information content (AvgIpc) is 3.42. The average molecular weight is 652 g/mol. The molecule has 0 aromatic heterocycles. The summed E-state index contributed by atoms with van der Waals surface area (Å²) in [5.41, 5.74) is -0.390. The normalized spacial score (nSPS) is 19.3. The molecular formula is C31H36ClF2N3O6S.